The van der Waals surface area contributed by atoms with Crippen molar-refractivity contribution in [2.24, 2.45) is 5.10 Å². The van der Waals surface area contributed by atoms with Crippen molar-refractivity contribution in [3.8, 4) is 17.2 Å². The van der Waals surface area contributed by atoms with Crippen LogP contribution in [0, 0.1) is 6.92 Å². The largest absolute Gasteiger partial charge is 0.496 e. The van der Waals surface area contributed by atoms with Crippen molar-refractivity contribution < 1.29 is 23.8 Å². The molecule has 0 unspecified atom stereocenters. The third-order valence-corrected chi connectivity index (χ3v) is 4.68. The fraction of sp³-hybridized carbons (Fsp3) is 0.318. The molecule has 0 bridgehead atoms. The minimum Gasteiger partial charge on any atom is -0.496 e. The van der Waals surface area contributed by atoms with Gasteiger partial charge in [-0.3, -0.25) is 9.59 Å². The fourth-order valence-electron chi connectivity index (χ4n) is 3.00. The van der Waals surface area contributed by atoms with E-state index in [0.29, 0.717) is 17.1 Å². The SMILES string of the molecule is COc1cc(C)c(C=NNC(=O)CNC(=O)c2ccc3c(c2)OCO3)cc1C(C)C. The number of benzene rings is 2. The predicted molar refractivity (Wildman–Crippen MR) is 112 cm³/mol. The highest BCUT2D eigenvalue weighted by atomic mass is 16.7. The zero-order valence-electron chi connectivity index (χ0n) is 17.4. The zero-order chi connectivity index (χ0) is 21.7. The van der Waals surface area contributed by atoms with Gasteiger partial charge in [0.1, 0.15) is 5.75 Å². The number of nitrogens with one attached hydrogen (secondary N) is 2. The van der Waals surface area contributed by atoms with Crippen molar-refractivity contribution >= 4 is 18.0 Å². The van der Waals surface area contributed by atoms with E-state index in [9.17, 15) is 9.59 Å². The quantitative estimate of drug-likeness (QED) is 0.539. The second-order valence-electron chi connectivity index (χ2n) is 7.15. The van der Waals surface area contributed by atoms with Gasteiger partial charge in [0.25, 0.3) is 11.8 Å². The number of carbonyl (C=O) groups excluding carboxylic acids is 2. The van der Waals surface area contributed by atoms with Gasteiger partial charge in [0.05, 0.1) is 19.9 Å². The number of hydrogen-bond acceptors (Lipinski definition) is 6. The summed E-state index contributed by atoms with van der Waals surface area (Å²) in [5.74, 6) is 1.39. The van der Waals surface area contributed by atoms with Crippen LogP contribution in [0.2, 0.25) is 0 Å². The molecule has 0 spiro atoms. The van der Waals surface area contributed by atoms with E-state index in [0.717, 1.165) is 22.4 Å². The number of ether oxygens (including phenoxy) is 3. The summed E-state index contributed by atoms with van der Waals surface area (Å²) in [6.45, 7) is 6.04. The Balaban J connectivity index is 1.55. The molecule has 2 aromatic rings. The monoisotopic (exact) mass is 411 g/mol. The van der Waals surface area contributed by atoms with Gasteiger partial charge < -0.3 is 19.5 Å². The fourth-order valence-corrected chi connectivity index (χ4v) is 3.00. The molecule has 0 aromatic heterocycles. The van der Waals surface area contributed by atoms with Gasteiger partial charge in [-0.2, -0.15) is 5.10 Å². The van der Waals surface area contributed by atoms with Crippen LogP contribution < -0.4 is 25.0 Å². The molecule has 8 heteroatoms. The highest BCUT2D eigenvalue weighted by Gasteiger charge is 2.16. The topological polar surface area (TPSA) is 98.2 Å². The van der Waals surface area contributed by atoms with Gasteiger partial charge in [0.15, 0.2) is 11.5 Å². The van der Waals surface area contributed by atoms with E-state index in [4.69, 9.17) is 14.2 Å². The number of nitrogens with zero attached hydrogens (tertiary/aromatic N) is 1. The summed E-state index contributed by atoms with van der Waals surface area (Å²) in [6.07, 6.45) is 1.58. The minimum absolute atomic E-state index is 0.132. The Kier molecular flexibility index (Phi) is 6.56. The van der Waals surface area contributed by atoms with Gasteiger partial charge in [-0.05, 0) is 59.9 Å². The molecular formula is C22H25N3O5. The van der Waals surface area contributed by atoms with Crippen molar-refractivity contribution in [2.75, 3.05) is 20.4 Å². The molecule has 0 atom stereocenters. The molecule has 1 aliphatic rings. The molecule has 8 nitrogen and oxygen atoms in total. The molecule has 2 N–H and O–H groups in total. The van der Waals surface area contributed by atoms with E-state index in [-0.39, 0.29) is 25.2 Å². The summed E-state index contributed by atoms with van der Waals surface area (Å²) in [5.41, 5.74) is 5.72. The smallest absolute Gasteiger partial charge is 0.259 e. The van der Waals surface area contributed by atoms with Crippen LogP contribution in [0.4, 0.5) is 0 Å². The van der Waals surface area contributed by atoms with E-state index in [1.807, 2.05) is 19.1 Å². The van der Waals surface area contributed by atoms with Gasteiger partial charge in [-0.15, -0.1) is 0 Å². The first-order valence-corrected chi connectivity index (χ1v) is 9.57. The maximum Gasteiger partial charge on any atom is 0.259 e. The van der Waals surface area contributed by atoms with Crippen LogP contribution in [0.1, 0.15) is 46.8 Å². The maximum atomic E-state index is 12.2. The summed E-state index contributed by atoms with van der Waals surface area (Å²) in [7, 11) is 1.65. The third kappa shape index (κ3) is 4.89. The molecular weight excluding hydrogens is 386 g/mol. The summed E-state index contributed by atoms with van der Waals surface area (Å²) in [4.78, 5) is 24.2. The number of fused-ring (bicyclic) bond motifs is 1. The zero-order valence-corrected chi connectivity index (χ0v) is 17.4. The summed E-state index contributed by atoms with van der Waals surface area (Å²) < 4.78 is 15.9. The summed E-state index contributed by atoms with van der Waals surface area (Å²) in [5, 5.41) is 6.55. The maximum absolute atomic E-state index is 12.2. The average molecular weight is 411 g/mol. The average Bonchev–Trinajstić information content (AvgIpc) is 3.20. The van der Waals surface area contributed by atoms with Crippen molar-refractivity contribution in [1.29, 1.82) is 0 Å². The van der Waals surface area contributed by atoms with Crippen LogP contribution in [-0.4, -0.2) is 38.5 Å². The first-order valence-electron chi connectivity index (χ1n) is 9.57. The lowest BCUT2D eigenvalue weighted by atomic mass is 9.97. The van der Waals surface area contributed by atoms with Crippen molar-refractivity contribution in [3.05, 3.63) is 52.6 Å². The first kappa shape index (κ1) is 21.2. The van der Waals surface area contributed by atoms with Crippen LogP contribution in [-0.2, 0) is 4.79 Å². The van der Waals surface area contributed by atoms with Crippen LogP contribution in [0.3, 0.4) is 0 Å². The lowest BCUT2D eigenvalue weighted by molar-refractivity contribution is -0.120. The second-order valence-corrected chi connectivity index (χ2v) is 7.15. The highest BCUT2D eigenvalue weighted by Crippen LogP contribution is 2.32. The van der Waals surface area contributed by atoms with E-state index < -0.39 is 5.91 Å². The van der Waals surface area contributed by atoms with Crippen LogP contribution in [0.5, 0.6) is 17.2 Å². The number of amides is 2. The molecule has 2 amide bonds. The molecule has 3 rings (SSSR count). The van der Waals surface area contributed by atoms with E-state index >= 15 is 0 Å². The number of aryl methyl sites for hydroxylation is 1. The number of rotatable bonds is 7. The summed E-state index contributed by atoms with van der Waals surface area (Å²) in [6, 6.07) is 8.79. The highest BCUT2D eigenvalue weighted by molar-refractivity contribution is 5.97. The van der Waals surface area contributed by atoms with Gasteiger partial charge in [-0.1, -0.05) is 13.8 Å². The third-order valence-electron chi connectivity index (χ3n) is 4.68. The van der Waals surface area contributed by atoms with Gasteiger partial charge in [0, 0.05) is 5.56 Å². The van der Waals surface area contributed by atoms with Gasteiger partial charge in [0.2, 0.25) is 6.79 Å². The Hall–Kier alpha value is -3.55. The number of methoxy groups -OCH3 is 1. The lowest BCUT2D eigenvalue weighted by Gasteiger charge is -2.14. The molecule has 158 valence electrons. The molecule has 1 heterocycles. The van der Waals surface area contributed by atoms with Crippen LogP contribution in [0.15, 0.2) is 35.4 Å². The van der Waals surface area contributed by atoms with Crippen molar-refractivity contribution in [3.63, 3.8) is 0 Å². The predicted octanol–water partition coefficient (Wildman–Crippen LogP) is 2.74. The Morgan fingerprint density at radius 1 is 1.20 bits per heavy atom. The Morgan fingerprint density at radius 2 is 1.97 bits per heavy atom. The van der Waals surface area contributed by atoms with E-state index in [1.165, 1.54) is 0 Å². The molecule has 0 aliphatic carbocycles. The van der Waals surface area contributed by atoms with E-state index in [1.54, 1.807) is 31.5 Å². The molecule has 30 heavy (non-hydrogen) atoms. The van der Waals surface area contributed by atoms with Crippen LogP contribution in [0.25, 0.3) is 0 Å². The second kappa shape index (κ2) is 9.30. The number of hydrazone groups is 1. The van der Waals surface area contributed by atoms with Gasteiger partial charge >= 0.3 is 0 Å². The Morgan fingerprint density at radius 3 is 2.70 bits per heavy atom. The molecule has 0 radical (unpaired) electrons. The van der Waals surface area contributed by atoms with E-state index in [2.05, 4.69) is 29.7 Å². The van der Waals surface area contributed by atoms with Gasteiger partial charge in [-0.25, -0.2) is 5.43 Å². The van der Waals surface area contributed by atoms with Crippen molar-refractivity contribution in [2.45, 2.75) is 26.7 Å². The minimum atomic E-state index is -0.435. The Bertz CT molecular complexity index is 985. The normalized spacial score (nSPS) is 12.3. The summed E-state index contributed by atoms with van der Waals surface area (Å²) >= 11 is 0. The Labute approximate surface area is 175 Å². The standard InChI is InChI=1S/C22H25N3O5/c1-13(2)17-8-16(14(3)7-19(17)28-4)10-24-25-21(26)11-23-22(27)15-5-6-18-20(9-15)30-12-29-18/h5-10,13H,11-12H2,1-4H3,(H,23,27)(H,25,26). The van der Waals surface area contributed by atoms with Crippen molar-refractivity contribution in [1.82, 2.24) is 10.7 Å². The van der Waals surface area contributed by atoms with Crippen LogP contribution >= 0.6 is 0 Å². The number of hydrogen-bond donors (Lipinski definition) is 2. The molecule has 0 saturated heterocycles. The molecule has 0 fully saturated rings. The number of carbonyl (C=O) groups is 2. The first-order chi connectivity index (χ1) is 14.4. The molecule has 0 saturated carbocycles. The molecule has 1 aliphatic heterocycles. The molecule has 2 aromatic carbocycles. The lowest BCUT2D eigenvalue weighted by Crippen LogP contribution is -2.34.